The Hall–Kier alpha value is -3.16. The lowest BCUT2D eigenvalue weighted by molar-refractivity contribution is -0.146. The maximum Gasteiger partial charge on any atom is 0.266 e. The summed E-state index contributed by atoms with van der Waals surface area (Å²) in [4.78, 5) is 28.4. The second-order valence-electron chi connectivity index (χ2n) is 8.41. The third-order valence-electron chi connectivity index (χ3n) is 6.47. The molecule has 1 fully saturated rings. The van der Waals surface area contributed by atoms with Crippen LogP contribution in [-0.2, 0) is 9.59 Å². The molecule has 2 amide bonds. The molecule has 6 nitrogen and oxygen atoms in total. The molecule has 3 aromatic carbocycles. The molecule has 4 rings (SSSR count). The van der Waals surface area contributed by atoms with Crippen LogP contribution in [-0.4, -0.2) is 29.6 Å². The molecule has 0 aliphatic carbocycles. The van der Waals surface area contributed by atoms with E-state index in [4.69, 9.17) is 4.74 Å². The van der Waals surface area contributed by atoms with Gasteiger partial charge in [-0.1, -0.05) is 46.3 Å². The first kappa shape index (κ1) is 23.0. The fraction of sp³-hybridized carbons (Fsp3) is 0.231. The van der Waals surface area contributed by atoms with Gasteiger partial charge in [-0.25, -0.2) is 4.90 Å². The summed E-state index contributed by atoms with van der Waals surface area (Å²) >= 11 is 3.37. The molecular formula is C26H25BrN2O4. The summed E-state index contributed by atoms with van der Waals surface area (Å²) in [7, 11) is 1.58. The molecular weight excluding hydrogens is 484 g/mol. The first-order chi connectivity index (χ1) is 15.7. The van der Waals surface area contributed by atoms with Crippen molar-refractivity contribution in [1.82, 2.24) is 0 Å². The van der Waals surface area contributed by atoms with E-state index in [0.717, 1.165) is 20.6 Å². The highest BCUT2D eigenvalue weighted by molar-refractivity contribution is 9.10. The lowest BCUT2D eigenvalue weighted by Gasteiger charge is -2.40. The minimum Gasteiger partial charge on any atom is -0.497 e. The van der Waals surface area contributed by atoms with Crippen LogP contribution in [0.4, 0.5) is 11.4 Å². The zero-order chi connectivity index (χ0) is 23.8. The van der Waals surface area contributed by atoms with Crippen molar-refractivity contribution >= 4 is 39.1 Å². The number of rotatable bonds is 6. The Morgan fingerprint density at radius 1 is 0.909 bits per heavy atom. The van der Waals surface area contributed by atoms with Crippen LogP contribution < -0.4 is 15.0 Å². The summed E-state index contributed by atoms with van der Waals surface area (Å²) < 4.78 is 6.10. The highest BCUT2D eigenvalue weighted by atomic mass is 79.9. The van der Waals surface area contributed by atoms with Crippen molar-refractivity contribution in [3.63, 3.8) is 0 Å². The average molecular weight is 509 g/mol. The van der Waals surface area contributed by atoms with E-state index in [1.165, 1.54) is 6.92 Å². The molecule has 3 aromatic rings. The quantitative estimate of drug-likeness (QED) is 0.461. The fourth-order valence-corrected chi connectivity index (χ4v) is 4.52. The Morgan fingerprint density at radius 3 is 2.09 bits per heavy atom. The highest BCUT2D eigenvalue weighted by Gasteiger charge is 2.68. The van der Waals surface area contributed by atoms with E-state index in [9.17, 15) is 14.7 Å². The topological polar surface area (TPSA) is 78.9 Å². The Labute approximate surface area is 201 Å². The molecule has 0 radical (unpaired) electrons. The van der Waals surface area contributed by atoms with Gasteiger partial charge < -0.3 is 15.2 Å². The van der Waals surface area contributed by atoms with Crippen molar-refractivity contribution in [3.05, 3.63) is 88.9 Å². The van der Waals surface area contributed by atoms with Gasteiger partial charge in [0.15, 0.2) is 5.60 Å². The standard InChI is InChI=1S/C26H25BrN2O4/c1-25(23(30)29(24(31)26(25,2)32)20-13-11-18(27)12-14-20)22(28-19-7-5-4-6-8-19)17-9-15-21(33-3)16-10-17/h4-16,22,28,32H,1-3H3/t22-,25+,26-/m0/s1. The van der Waals surface area contributed by atoms with Gasteiger partial charge in [0.25, 0.3) is 5.91 Å². The number of methoxy groups -OCH3 is 1. The van der Waals surface area contributed by atoms with Gasteiger partial charge in [-0.05, 0) is 67.9 Å². The molecule has 0 aromatic heterocycles. The summed E-state index contributed by atoms with van der Waals surface area (Å²) in [5.41, 5.74) is -1.57. The first-order valence-corrected chi connectivity index (χ1v) is 11.3. The van der Waals surface area contributed by atoms with E-state index in [1.54, 1.807) is 50.4 Å². The minimum atomic E-state index is -1.97. The monoisotopic (exact) mass is 508 g/mol. The number of carbonyl (C=O) groups is 2. The van der Waals surface area contributed by atoms with Gasteiger partial charge >= 0.3 is 0 Å². The summed E-state index contributed by atoms with van der Waals surface area (Å²) in [6, 6.07) is 22.8. The number of imide groups is 1. The summed E-state index contributed by atoms with van der Waals surface area (Å²) in [5.74, 6) is -0.478. The predicted octanol–water partition coefficient (Wildman–Crippen LogP) is 4.94. The summed E-state index contributed by atoms with van der Waals surface area (Å²) in [6.45, 7) is 3.05. The number of para-hydroxylation sites is 1. The van der Waals surface area contributed by atoms with Gasteiger partial charge in [-0.15, -0.1) is 0 Å². The average Bonchev–Trinajstić information content (AvgIpc) is 2.96. The SMILES string of the molecule is COc1ccc([C@H](Nc2ccccc2)[C@]2(C)C(=O)N(c3ccc(Br)cc3)C(=O)[C@]2(C)O)cc1. The van der Waals surface area contributed by atoms with E-state index in [2.05, 4.69) is 21.2 Å². The van der Waals surface area contributed by atoms with Crippen molar-refractivity contribution in [2.75, 3.05) is 17.3 Å². The lowest BCUT2D eigenvalue weighted by atomic mass is 9.68. The predicted molar refractivity (Wildman–Crippen MR) is 131 cm³/mol. The van der Waals surface area contributed by atoms with Crippen LogP contribution in [0.2, 0.25) is 0 Å². The molecule has 1 aliphatic rings. The van der Waals surface area contributed by atoms with Crippen LogP contribution in [0, 0.1) is 5.41 Å². The van der Waals surface area contributed by atoms with Gasteiger partial charge in [0.2, 0.25) is 5.91 Å². The molecule has 0 spiro atoms. The number of nitrogens with one attached hydrogen (secondary N) is 1. The zero-order valence-electron chi connectivity index (χ0n) is 18.6. The molecule has 170 valence electrons. The number of halogens is 1. The summed E-state index contributed by atoms with van der Waals surface area (Å²) in [5, 5.41) is 15.0. The molecule has 1 aliphatic heterocycles. The Morgan fingerprint density at radius 2 is 1.52 bits per heavy atom. The molecule has 33 heavy (non-hydrogen) atoms. The molecule has 7 heteroatoms. The van der Waals surface area contributed by atoms with Crippen molar-refractivity contribution in [2.45, 2.75) is 25.5 Å². The maximum atomic E-state index is 13.9. The number of benzene rings is 3. The largest absolute Gasteiger partial charge is 0.497 e. The van der Waals surface area contributed by atoms with Gasteiger partial charge in [0.05, 0.1) is 18.8 Å². The second kappa shape index (κ2) is 8.65. The number of nitrogens with zero attached hydrogens (tertiary/aromatic N) is 1. The number of ether oxygens (including phenoxy) is 1. The van der Waals surface area contributed by atoms with Crippen LogP contribution in [0.15, 0.2) is 83.3 Å². The summed E-state index contributed by atoms with van der Waals surface area (Å²) in [6.07, 6.45) is 0. The zero-order valence-corrected chi connectivity index (χ0v) is 20.2. The fourth-order valence-electron chi connectivity index (χ4n) is 4.26. The first-order valence-electron chi connectivity index (χ1n) is 10.5. The normalized spacial score (nSPS) is 23.5. The van der Waals surface area contributed by atoms with E-state index in [0.29, 0.717) is 11.4 Å². The number of hydrogen-bond acceptors (Lipinski definition) is 5. The number of anilines is 2. The highest BCUT2D eigenvalue weighted by Crippen LogP contribution is 2.52. The van der Waals surface area contributed by atoms with Crippen LogP contribution in [0.3, 0.4) is 0 Å². The van der Waals surface area contributed by atoms with Crippen molar-refractivity contribution < 1.29 is 19.4 Å². The molecule has 2 N–H and O–H groups in total. The molecule has 0 bridgehead atoms. The second-order valence-corrected chi connectivity index (χ2v) is 9.33. The van der Waals surface area contributed by atoms with Crippen LogP contribution in [0.1, 0.15) is 25.5 Å². The van der Waals surface area contributed by atoms with Crippen molar-refractivity contribution in [1.29, 1.82) is 0 Å². The molecule has 0 saturated carbocycles. The third-order valence-corrected chi connectivity index (χ3v) is 7.00. The maximum absolute atomic E-state index is 13.9. The number of aliphatic hydroxyl groups is 1. The van der Waals surface area contributed by atoms with E-state index < -0.39 is 28.9 Å². The van der Waals surface area contributed by atoms with Gasteiger partial charge in [0, 0.05) is 10.2 Å². The van der Waals surface area contributed by atoms with Crippen molar-refractivity contribution in [2.24, 2.45) is 5.41 Å². The smallest absolute Gasteiger partial charge is 0.266 e. The molecule has 1 heterocycles. The molecule has 3 atom stereocenters. The number of amides is 2. The van der Waals surface area contributed by atoms with Crippen LogP contribution >= 0.6 is 15.9 Å². The Balaban J connectivity index is 1.85. The van der Waals surface area contributed by atoms with Crippen LogP contribution in [0.25, 0.3) is 0 Å². The van der Waals surface area contributed by atoms with Crippen LogP contribution in [0.5, 0.6) is 5.75 Å². The van der Waals surface area contributed by atoms with Gasteiger partial charge in [0.1, 0.15) is 11.2 Å². The van der Waals surface area contributed by atoms with Crippen molar-refractivity contribution in [3.8, 4) is 5.75 Å². The number of carbonyl (C=O) groups excluding carboxylic acids is 2. The molecule has 1 saturated heterocycles. The molecule has 0 unspecified atom stereocenters. The van der Waals surface area contributed by atoms with E-state index in [1.807, 2.05) is 42.5 Å². The minimum absolute atomic E-state index is 0.408. The van der Waals surface area contributed by atoms with E-state index in [-0.39, 0.29) is 0 Å². The lowest BCUT2D eigenvalue weighted by Crippen LogP contribution is -2.52. The Kier molecular flexibility index (Phi) is 6.03. The van der Waals surface area contributed by atoms with E-state index >= 15 is 0 Å². The Bertz CT molecular complexity index is 1160. The van der Waals surface area contributed by atoms with Gasteiger partial charge in [-0.2, -0.15) is 0 Å². The van der Waals surface area contributed by atoms with Gasteiger partial charge in [-0.3, -0.25) is 9.59 Å². The third kappa shape index (κ3) is 3.81. The number of hydrogen-bond donors (Lipinski definition) is 2.